The average Bonchev–Trinajstić information content (AvgIpc) is 3.24. The van der Waals surface area contributed by atoms with E-state index in [0.717, 1.165) is 25.7 Å². The van der Waals surface area contributed by atoms with Crippen molar-refractivity contribution in [1.29, 1.82) is 0 Å². The van der Waals surface area contributed by atoms with Crippen molar-refractivity contribution in [3.63, 3.8) is 0 Å². The average molecular weight is 426 g/mol. The number of carbonyl (C=O) groups excluding carboxylic acids is 2. The predicted molar refractivity (Wildman–Crippen MR) is 115 cm³/mol. The van der Waals surface area contributed by atoms with Gasteiger partial charge < -0.3 is 9.73 Å². The van der Waals surface area contributed by atoms with Gasteiger partial charge in [-0.15, -0.1) is 10.2 Å². The van der Waals surface area contributed by atoms with Gasteiger partial charge in [0.25, 0.3) is 5.91 Å². The fourth-order valence-corrected chi connectivity index (χ4v) is 3.27. The summed E-state index contributed by atoms with van der Waals surface area (Å²) in [5.74, 6) is -0.570. The number of hydrogen-bond donors (Lipinski definition) is 1. The van der Waals surface area contributed by atoms with Gasteiger partial charge in [0.15, 0.2) is 0 Å². The molecule has 30 heavy (non-hydrogen) atoms. The Morgan fingerprint density at radius 3 is 2.43 bits per heavy atom. The maximum absolute atomic E-state index is 12.0. The number of nitrogens with one attached hydrogen (secondary N) is 1. The Morgan fingerprint density at radius 1 is 0.900 bits per heavy atom. The molecule has 1 N–H and O–H groups in total. The second-order valence-electron chi connectivity index (χ2n) is 6.99. The third kappa shape index (κ3) is 6.52. The quantitative estimate of drug-likeness (QED) is 0.353. The lowest BCUT2D eigenvalue weighted by atomic mass is 10.0. The first kappa shape index (κ1) is 21.7. The maximum atomic E-state index is 12.0. The zero-order valence-corrected chi connectivity index (χ0v) is 17.4. The highest BCUT2D eigenvalue weighted by Crippen LogP contribution is 2.26. The topological polar surface area (TPSA) is 85.1 Å². The third-order valence-electron chi connectivity index (χ3n) is 4.69. The Bertz CT molecular complexity index is 973. The molecule has 0 aliphatic rings. The Kier molecular flexibility index (Phi) is 8.15. The van der Waals surface area contributed by atoms with Crippen LogP contribution >= 0.6 is 11.6 Å². The van der Waals surface area contributed by atoms with Gasteiger partial charge in [0.1, 0.15) is 0 Å². The van der Waals surface area contributed by atoms with E-state index >= 15 is 0 Å². The van der Waals surface area contributed by atoms with Crippen LogP contribution in [0, 0.1) is 0 Å². The SMILES string of the molecule is O=C(CCCCCCc1ccccc1)C(=O)NCc1nnc(-c2ccccc2Cl)o1. The van der Waals surface area contributed by atoms with Crippen LogP contribution in [0.4, 0.5) is 0 Å². The van der Waals surface area contributed by atoms with Crippen LogP contribution in [0.1, 0.15) is 43.6 Å². The Balaban J connectivity index is 1.33. The summed E-state index contributed by atoms with van der Waals surface area (Å²) in [4.78, 5) is 24.0. The van der Waals surface area contributed by atoms with Crippen LogP contribution < -0.4 is 5.32 Å². The largest absolute Gasteiger partial charge is 0.419 e. The minimum Gasteiger partial charge on any atom is -0.419 e. The molecule has 1 heterocycles. The molecule has 0 saturated heterocycles. The van der Waals surface area contributed by atoms with Gasteiger partial charge in [0.2, 0.25) is 17.6 Å². The number of halogens is 1. The Morgan fingerprint density at radius 2 is 1.63 bits per heavy atom. The van der Waals surface area contributed by atoms with Crippen molar-refractivity contribution in [2.75, 3.05) is 0 Å². The molecule has 6 nitrogen and oxygen atoms in total. The summed E-state index contributed by atoms with van der Waals surface area (Å²) >= 11 is 6.11. The molecule has 0 aliphatic heterocycles. The number of nitrogens with zero attached hydrogens (tertiary/aromatic N) is 2. The zero-order valence-electron chi connectivity index (χ0n) is 16.6. The van der Waals surface area contributed by atoms with Crippen LogP contribution in [-0.2, 0) is 22.6 Å². The lowest BCUT2D eigenvalue weighted by molar-refractivity contribution is -0.138. The van der Waals surface area contributed by atoms with E-state index in [1.807, 2.05) is 24.3 Å². The number of aryl methyl sites for hydroxylation is 1. The molecule has 7 heteroatoms. The monoisotopic (exact) mass is 425 g/mol. The van der Waals surface area contributed by atoms with Gasteiger partial charge in [-0.1, -0.05) is 66.9 Å². The van der Waals surface area contributed by atoms with E-state index in [4.69, 9.17) is 16.0 Å². The van der Waals surface area contributed by atoms with Gasteiger partial charge in [-0.2, -0.15) is 0 Å². The number of aromatic nitrogens is 2. The molecule has 0 atom stereocenters. The highest BCUT2D eigenvalue weighted by molar-refractivity contribution is 6.36. The molecular formula is C23H24ClN3O3. The summed E-state index contributed by atoms with van der Waals surface area (Å²) < 4.78 is 5.51. The van der Waals surface area contributed by atoms with Crippen LogP contribution in [0.5, 0.6) is 0 Å². The number of hydrogen-bond acceptors (Lipinski definition) is 5. The van der Waals surface area contributed by atoms with Crippen LogP contribution in [0.15, 0.2) is 59.0 Å². The summed E-state index contributed by atoms with van der Waals surface area (Å²) in [6.45, 7) is -0.000891. The number of benzene rings is 2. The van der Waals surface area contributed by atoms with Crippen LogP contribution in [0.25, 0.3) is 11.5 Å². The van der Waals surface area contributed by atoms with Crippen molar-refractivity contribution >= 4 is 23.3 Å². The lowest BCUT2D eigenvalue weighted by Gasteiger charge is -2.03. The molecule has 0 radical (unpaired) electrons. The lowest BCUT2D eigenvalue weighted by Crippen LogP contribution is -2.30. The maximum Gasteiger partial charge on any atom is 0.287 e. The first-order valence-corrected chi connectivity index (χ1v) is 10.4. The fourth-order valence-electron chi connectivity index (χ4n) is 3.05. The van der Waals surface area contributed by atoms with Crippen molar-refractivity contribution in [3.05, 3.63) is 71.1 Å². The molecule has 2 aromatic carbocycles. The number of Topliss-reactive ketones (excluding diaryl/α,β-unsaturated/α-hetero) is 1. The standard InChI is InChI=1S/C23H24ClN3O3/c24-19-14-9-8-13-18(19)23-27-26-21(30-23)16-25-22(29)20(28)15-7-2-1-4-10-17-11-5-3-6-12-17/h3,5-6,8-9,11-14H,1-2,4,7,10,15-16H2,(H,25,29). The van der Waals surface area contributed by atoms with Crippen LogP contribution in [-0.4, -0.2) is 21.9 Å². The van der Waals surface area contributed by atoms with Crippen molar-refractivity contribution in [2.24, 2.45) is 0 Å². The number of unbranched alkanes of at least 4 members (excludes halogenated alkanes) is 3. The van der Waals surface area contributed by atoms with E-state index in [9.17, 15) is 9.59 Å². The molecule has 1 amide bonds. The smallest absolute Gasteiger partial charge is 0.287 e. The molecule has 0 unspecified atom stereocenters. The highest BCUT2D eigenvalue weighted by Gasteiger charge is 2.15. The van der Waals surface area contributed by atoms with Gasteiger partial charge >= 0.3 is 0 Å². The molecule has 1 aromatic heterocycles. The van der Waals surface area contributed by atoms with E-state index in [1.165, 1.54) is 5.56 Å². The Hall–Kier alpha value is -2.99. The summed E-state index contributed by atoms with van der Waals surface area (Å²) in [5.41, 5.74) is 1.94. The molecule has 0 spiro atoms. The normalized spacial score (nSPS) is 10.7. The summed E-state index contributed by atoms with van der Waals surface area (Å²) in [6, 6.07) is 17.4. The second-order valence-corrected chi connectivity index (χ2v) is 7.39. The van der Waals surface area contributed by atoms with Gasteiger partial charge in [0.05, 0.1) is 17.1 Å². The van der Waals surface area contributed by atoms with Gasteiger partial charge in [-0.3, -0.25) is 9.59 Å². The van der Waals surface area contributed by atoms with E-state index < -0.39 is 11.7 Å². The van der Waals surface area contributed by atoms with Crippen molar-refractivity contribution in [3.8, 4) is 11.5 Å². The van der Waals surface area contributed by atoms with Crippen LogP contribution in [0.2, 0.25) is 5.02 Å². The van der Waals surface area contributed by atoms with Crippen molar-refractivity contribution < 1.29 is 14.0 Å². The molecule has 0 aliphatic carbocycles. The van der Waals surface area contributed by atoms with E-state index in [2.05, 4.69) is 27.6 Å². The third-order valence-corrected chi connectivity index (χ3v) is 5.02. The molecule has 156 valence electrons. The number of ketones is 1. The summed E-state index contributed by atoms with van der Waals surface area (Å²) in [5, 5.41) is 10.8. The van der Waals surface area contributed by atoms with E-state index in [-0.39, 0.29) is 24.7 Å². The van der Waals surface area contributed by atoms with Crippen LogP contribution in [0.3, 0.4) is 0 Å². The molecular weight excluding hydrogens is 402 g/mol. The molecule has 3 rings (SSSR count). The molecule has 3 aromatic rings. The summed E-state index contributed by atoms with van der Waals surface area (Å²) in [7, 11) is 0. The minimum absolute atomic E-state index is 0.000891. The fraction of sp³-hybridized carbons (Fsp3) is 0.304. The molecule has 0 fully saturated rings. The summed E-state index contributed by atoms with van der Waals surface area (Å²) in [6.07, 6.45) is 5.03. The van der Waals surface area contributed by atoms with Gasteiger partial charge in [0, 0.05) is 6.42 Å². The first-order valence-electron chi connectivity index (χ1n) is 10.1. The zero-order chi connectivity index (χ0) is 21.2. The van der Waals surface area contributed by atoms with Gasteiger partial charge in [-0.25, -0.2) is 0 Å². The number of rotatable bonds is 11. The van der Waals surface area contributed by atoms with E-state index in [1.54, 1.807) is 18.2 Å². The minimum atomic E-state index is -0.628. The predicted octanol–water partition coefficient (Wildman–Crippen LogP) is 4.77. The number of carbonyl (C=O) groups is 2. The number of amides is 1. The Labute approximate surface area is 180 Å². The second kappa shape index (κ2) is 11.3. The molecule has 0 bridgehead atoms. The van der Waals surface area contributed by atoms with Gasteiger partial charge in [-0.05, 0) is 37.0 Å². The van der Waals surface area contributed by atoms with Crippen molar-refractivity contribution in [2.45, 2.75) is 45.1 Å². The highest BCUT2D eigenvalue weighted by atomic mass is 35.5. The van der Waals surface area contributed by atoms with Crippen molar-refractivity contribution in [1.82, 2.24) is 15.5 Å². The first-order chi connectivity index (χ1) is 14.6. The molecule has 0 saturated carbocycles. The van der Waals surface area contributed by atoms with E-state index in [0.29, 0.717) is 17.0 Å².